The number of aromatic hydroxyl groups is 1. The van der Waals surface area contributed by atoms with E-state index in [-0.39, 0.29) is 33.8 Å². The van der Waals surface area contributed by atoms with Crippen molar-refractivity contribution in [2.75, 3.05) is 21.3 Å². The van der Waals surface area contributed by atoms with Gasteiger partial charge in [0.1, 0.15) is 23.0 Å². The van der Waals surface area contributed by atoms with Crippen LogP contribution in [0.25, 0.3) is 0 Å². The van der Waals surface area contributed by atoms with Crippen LogP contribution in [0.2, 0.25) is 0 Å². The van der Waals surface area contributed by atoms with Gasteiger partial charge in [-0.1, -0.05) is 0 Å². The third kappa shape index (κ3) is 2.11. The molecule has 0 heterocycles. The van der Waals surface area contributed by atoms with Gasteiger partial charge in [0.2, 0.25) is 0 Å². The molecule has 1 aliphatic rings. The molecular formula is C17H14O6. The molecule has 0 unspecified atom stereocenters. The van der Waals surface area contributed by atoms with Crippen LogP contribution >= 0.6 is 0 Å². The Kier molecular flexibility index (Phi) is 3.44. The Balaban J connectivity index is 2.33. The zero-order valence-corrected chi connectivity index (χ0v) is 12.8. The number of benzene rings is 2. The SMILES string of the molecule is COc1cc(O)c2c(c1)C(=O)c1c(OC)cc(OC)cc1C2=O. The predicted molar refractivity (Wildman–Crippen MR) is 81.1 cm³/mol. The molecule has 0 saturated heterocycles. The Hall–Kier alpha value is -3.02. The van der Waals surface area contributed by atoms with Crippen molar-refractivity contribution in [3.05, 3.63) is 46.5 Å². The number of hydrogen-bond donors (Lipinski definition) is 1. The lowest BCUT2D eigenvalue weighted by Gasteiger charge is -2.21. The Morgan fingerprint density at radius 3 is 1.83 bits per heavy atom. The maximum absolute atomic E-state index is 12.8. The van der Waals surface area contributed by atoms with Gasteiger partial charge in [-0.15, -0.1) is 0 Å². The van der Waals surface area contributed by atoms with Gasteiger partial charge in [0, 0.05) is 23.3 Å². The van der Waals surface area contributed by atoms with E-state index in [1.807, 2.05) is 0 Å². The zero-order valence-electron chi connectivity index (χ0n) is 12.8. The zero-order chi connectivity index (χ0) is 16.7. The molecule has 0 aromatic heterocycles. The van der Waals surface area contributed by atoms with Crippen molar-refractivity contribution in [2.24, 2.45) is 0 Å². The first kappa shape index (κ1) is 14.9. The van der Waals surface area contributed by atoms with Crippen molar-refractivity contribution in [2.45, 2.75) is 0 Å². The van der Waals surface area contributed by atoms with E-state index in [0.29, 0.717) is 11.5 Å². The monoisotopic (exact) mass is 314 g/mol. The van der Waals surface area contributed by atoms with Crippen LogP contribution in [0.1, 0.15) is 31.8 Å². The van der Waals surface area contributed by atoms with Crippen molar-refractivity contribution in [3.63, 3.8) is 0 Å². The van der Waals surface area contributed by atoms with Gasteiger partial charge in [-0.25, -0.2) is 0 Å². The molecule has 0 radical (unpaired) electrons. The second kappa shape index (κ2) is 5.31. The number of phenols is 1. The van der Waals surface area contributed by atoms with Crippen LogP contribution in [-0.4, -0.2) is 38.0 Å². The molecule has 0 fully saturated rings. The number of phenolic OH excluding ortho intramolecular Hbond substituents is 1. The maximum Gasteiger partial charge on any atom is 0.198 e. The third-order valence-electron chi connectivity index (χ3n) is 3.80. The number of ether oxygens (including phenoxy) is 3. The van der Waals surface area contributed by atoms with E-state index in [1.54, 1.807) is 0 Å². The van der Waals surface area contributed by atoms with Crippen LogP contribution in [0.15, 0.2) is 24.3 Å². The topological polar surface area (TPSA) is 82.1 Å². The molecule has 6 nitrogen and oxygen atoms in total. The minimum atomic E-state index is -0.466. The molecule has 0 spiro atoms. The molecule has 0 atom stereocenters. The number of carbonyl (C=O) groups is 2. The molecule has 1 aliphatic carbocycles. The van der Waals surface area contributed by atoms with Gasteiger partial charge >= 0.3 is 0 Å². The molecule has 118 valence electrons. The van der Waals surface area contributed by atoms with Gasteiger partial charge in [-0.2, -0.15) is 0 Å². The van der Waals surface area contributed by atoms with Crippen LogP contribution in [-0.2, 0) is 0 Å². The lowest BCUT2D eigenvalue weighted by molar-refractivity contribution is 0.0973. The van der Waals surface area contributed by atoms with Gasteiger partial charge in [0.05, 0.1) is 32.5 Å². The second-order valence-corrected chi connectivity index (χ2v) is 4.98. The molecular weight excluding hydrogens is 300 g/mol. The van der Waals surface area contributed by atoms with Crippen molar-refractivity contribution < 1.29 is 28.9 Å². The van der Waals surface area contributed by atoms with Crippen LogP contribution in [0.3, 0.4) is 0 Å². The highest BCUT2D eigenvalue weighted by molar-refractivity contribution is 6.30. The van der Waals surface area contributed by atoms with E-state index in [9.17, 15) is 14.7 Å². The molecule has 0 saturated carbocycles. The van der Waals surface area contributed by atoms with Crippen molar-refractivity contribution in [1.29, 1.82) is 0 Å². The van der Waals surface area contributed by atoms with E-state index in [1.165, 1.54) is 45.6 Å². The summed E-state index contributed by atoms with van der Waals surface area (Å²) >= 11 is 0. The van der Waals surface area contributed by atoms with Crippen molar-refractivity contribution >= 4 is 11.6 Å². The van der Waals surface area contributed by atoms with E-state index in [0.717, 1.165) is 0 Å². The Labute approximate surface area is 132 Å². The number of methoxy groups -OCH3 is 3. The predicted octanol–water partition coefficient (Wildman–Crippen LogP) is 2.19. The molecule has 23 heavy (non-hydrogen) atoms. The fourth-order valence-corrected chi connectivity index (χ4v) is 2.69. The van der Waals surface area contributed by atoms with Gasteiger partial charge < -0.3 is 19.3 Å². The summed E-state index contributed by atoms with van der Waals surface area (Å²) in [6.45, 7) is 0. The summed E-state index contributed by atoms with van der Waals surface area (Å²) in [5, 5.41) is 10.1. The molecule has 0 amide bonds. The summed E-state index contributed by atoms with van der Waals surface area (Å²) in [4.78, 5) is 25.6. The second-order valence-electron chi connectivity index (χ2n) is 4.98. The van der Waals surface area contributed by atoms with Crippen LogP contribution in [0, 0.1) is 0 Å². The van der Waals surface area contributed by atoms with E-state index >= 15 is 0 Å². The number of ketones is 2. The van der Waals surface area contributed by atoms with Gasteiger partial charge in [0.15, 0.2) is 11.6 Å². The normalized spacial score (nSPS) is 12.5. The quantitative estimate of drug-likeness (QED) is 0.798. The first-order chi connectivity index (χ1) is 11.0. The summed E-state index contributed by atoms with van der Waals surface area (Å²) < 4.78 is 15.4. The van der Waals surface area contributed by atoms with E-state index in [2.05, 4.69) is 0 Å². The van der Waals surface area contributed by atoms with Crippen molar-refractivity contribution in [1.82, 2.24) is 0 Å². The summed E-state index contributed by atoms with van der Waals surface area (Å²) in [5.74, 6) is -0.261. The Morgan fingerprint density at radius 1 is 0.739 bits per heavy atom. The van der Waals surface area contributed by atoms with Gasteiger partial charge in [0.25, 0.3) is 0 Å². The highest BCUT2D eigenvalue weighted by Gasteiger charge is 2.35. The molecule has 2 aromatic carbocycles. The molecule has 0 bridgehead atoms. The highest BCUT2D eigenvalue weighted by Crippen LogP contribution is 2.40. The van der Waals surface area contributed by atoms with Crippen LogP contribution < -0.4 is 14.2 Å². The molecule has 6 heteroatoms. The summed E-state index contributed by atoms with van der Waals surface area (Å²) in [6, 6.07) is 5.73. The largest absolute Gasteiger partial charge is 0.507 e. The Bertz CT molecular complexity index is 837. The van der Waals surface area contributed by atoms with Crippen LogP contribution in [0.5, 0.6) is 23.0 Å². The Morgan fingerprint density at radius 2 is 1.26 bits per heavy atom. The number of hydrogen-bond acceptors (Lipinski definition) is 6. The first-order valence-corrected chi connectivity index (χ1v) is 6.78. The smallest absolute Gasteiger partial charge is 0.198 e. The fourth-order valence-electron chi connectivity index (χ4n) is 2.69. The highest BCUT2D eigenvalue weighted by atomic mass is 16.5. The average Bonchev–Trinajstić information content (AvgIpc) is 2.57. The van der Waals surface area contributed by atoms with E-state index < -0.39 is 11.6 Å². The lowest BCUT2D eigenvalue weighted by Crippen LogP contribution is -2.22. The lowest BCUT2D eigenvalue weighted by atomic mass is 9.82. The molecule has 2 aromatic rings. The fraction of sp³-hybridized carbons (Fsp3) is 0.176. The summed E-state index contributed by atoms with van der Waals surface area (Å²) in [6.07, 6.45) is 0. The number of carbonyl (C=O) groups excluding carboxylic acids is 2. The van der Waals surface area contributed by atoms with Crippen molar-refractivity contribution in [3.8, 4) is 23.0 Å². The van der Waals surface area contributed by atoms with Crippen LogP contribution in [0.4, 0.5) is 0 Å². The molecule has 3 rings (SSSR count). The standard InChI is InChI=1S/C17H14O6/c1-21-8-4-10-14(12(18)6-8)16(19)11-5-9(22-2)7-13(23-3)15(11)17(10)20/h4-7,18H,1-3H3. The maximum atomic E-state index is 12.8. The van der Waals surface area contributed by atoms with Gasteiger partial charge in [-0.3, -0.25) is 9.59 Å². The first-order valence-electron chi connectivity index (χ1n) is 6.78. The third-order valence-corrected chi connectivity index (χ3v) is 3.80. The molecule has 0 aliphatic heterocycles. The van der Waals surface area contributed by atoms with Gasteiger partial charge in [-0.05, 0) is 12.1 Å². The summed E-state index contributed by atoms with van der Waals surface area (Å²) in [7, 11) is 4.27. The minimum Gasteiger partial charge on any atom is -0.507 e. The average molecular weight is 314 g/mol. The van der Waals surface area contributed by atoms with E-state index in [4.69, 9.17) is 14.2 Å². The minimum absolute atomic E-state index is 0.0430. The molecule has 1 N–H and O–H groups in total. The number of fused-ring (bicyclic) bond motifs is 2. The summed E-state index contributed by atoms with van der Waals surface area (Å²) in [5.41, 5.74) is 0.332. The number of rotatable bonds is 3.